The van der Waals surface area contributed by atoms with Crippen molar-refractivity contribution >= 4 is 34.1 Å². The summed E-state index contributed by atoms with van der Waals surface area (Å²) in [5.74, 6) is 0.0445. The largest absolute Gasteiger partial charge is 0.345 e. The summed E-state index contributed by atoms with van der Waals surface area (Å²) in [5, 5.41) is 22.8. The van der Waals surface area contributed by atoms with Gasteiger partial charge in [-0.3, -0.25) is 14.9 Å². The van der Waals surface area contributed by atoms with Gasteiger partial charge in [0.2, 0.25) is 5.95 Å². The molecule has 4 rings (SSSR count). The van der Waals surface area contributed by atoms with Crippen molar-refractivity contribution in [1.29, 1.82) is 0 Å². The molecule has 0 spiro atoms. The van der Waals surface area contributed by atoms with Gasteiger partial charge in [-0.1, -0.05) is 24.3 Å². The van der Waals surface area contributed by atoms with Gasteiger partial charge in [0.15, 0.2) is 0 Å². The summed E-state index contributed by atoms with van der Waals surface area (Å²) in [5.41, 5.74) is 1.99. The second kappa shape index (κ2) is 7.95. The van der Waals surface area contributed by atoms with Gasteiger partial charge in [0.1, 0.15) is 11.2 Å². The number of fused-ring (bicyclic) bond motifs is 1. The lowest BCUT2D eigenvalue weighted by molar-refractivity contribution is -0.383. The maximum absolute atomic E-state index is 12.6. The summed E-state index contributed by atoms with van der Waals surface area (Å²) in [7, 11) is 0. The van der Waals surface area contributed by atoms with Gasteiger partial charge in [-0.05, 0) is 30.7 Å². The Balaban J connectivity index is 1.47. The summed E-state index contributed by atoms with van der Waals surface area (Å²) in [6, 6.07) is 13.3. The predicted octanol–water partition coefficient (Wildman–Crippen LogP) is 4.90. The number of hydrogen-bond acceptors (Lipinski definition) is 6. The summed E-state index contributed by atoms with van der Waals surface area (Å²) >= 11 is 0. The van der Waals surface area contributed by atoms with E-state index in [0.717, 1.165) is 5.56 Å². The first-order valence-electron chi connectivity index (χ1n) is 9.09. The lowest BCUT2D eigenvalue weighted by atomic mass is 10.1. The number of non-ortho nitro benzene ring substituents is 1. The number of amides is 1. The van der Waals surface area contributed by atoms with Crippen LogP contribution in [0, 0.1) is 10.1 Å². The first-order valence-corrected chi connectivity index (χ1v) is 9.09. The Morgan fingerprint density at radius 2 is 2.03 bits per heavy atom. The van der Waals surface area contributed by atoms with Crippen LogP contribution in [0.1, 0.15) is 29.0 Å². The number of aromatic nitrogens is 3. The summed E-state index contributed by atoms with van der Waals surface area (Å²) in [6.07, 6.45) is 3.27. The third-order valence-electron chi connectivity index (χ3n) is 4.54. The second-order valence-electron chi connectivity index (χ2n) is 6.56. The number of anilines is 1. The Hall–Kier alpha value is -4.34. The van der Waals surface area contributed by atoms with Crippen LogP contribution < -0.4 is 5.32 Å². The maximum atomic E-state index is 12.6. The molecule has 10 nitrogen and oxygen atoms in total. The van der Waals surface area contributed by atoms with E-state index in [2.05, 4.69) is 30.5 Å². The van der Waals surface area contributed by atoms with Gasteiger partial charge in [0.05, 0.1) is 11.0 Å². The average molecular weight is 403 g/mol. The molecule has 2 aromatic heterocycles. The van der Waals surface area contributed by atoms with Crippen LogP contribution in [0.15, 0.2) is 71.2 Å². The number of aromatic amines is 2. The minimum atomic E-state index is -0.483. The van der Waals surface area contributed by atoms with Crippen LogP contribution in [0.3, 0.4) is 0 Å². The molecule has 1 unspecified atom stereocenters. The number of benzene rings is 2. The Morgan fingerprint density at radius 1 is 1.23 bits per heavy atom. The monoisotopic (exact) mass is 403 g/mol. The van der Waals surface area contributed by atoms with Crippen molar-refractivity contribution in [3.05, 3.63) is 82.3 Å². The molecule has 4 aromatic rings. The molecule has 1 amide bonds. The van der Waals surface area contributed by atoms with E-state index in [9.17, 15) is 14.9 Å². The molecule has 0 bridgehead atoms. The molecule has 0 saturated heterocycles. The van der Waals surface area contributed by atoms with E-state index in [-0.39, 0.29) is 23.3 Å². The van der Waals surface area contributed by atoms with Gasteiger partial charge in [0.25, 0.3) is 11.6 Å². The minimum absolute atomic E-state index is 0.0754. The van der Waals surface area contributed by atoms with Crippen molar-refractivity contribution < 1.29 is 9.72 Å². The fourth-order valence-corrected chi connectivity index (χ4v) is 2.98. The van der Waals surface area contributed by atoms with Crippen LogP contribution in [0.4, 0.5) is 17.3 Å². The summed E-state index contributed by atoms with van der Waals surface area (Å²) in [6.45, 7) is 1.90. The van der Waals surface area contributed by atoms with Crippen molar-refractivity contribution in [3.63, 3.8) is 0 Å². The standard InChI is InChI=1S/C20H17N7O3/c1-12(25-26-20-21-9-10-22-20)13-5-7-15(8-6-13)23-19(28)16-11-14-3-2-4-17(27(29)30)18(14)24-16/h2-12,24H,1H3,(H,21,22)(H,23,28). The number of nitro groups is 1. The van der Waals surface area contributed by atoms with Gasteiger partial charge in [0, 0.05) is 29.5 Å². The van der Waals surface area contributed by atoms with Gasteiger partial charge in [-0.25, -0.2) is 4.98 Å². The van der Waals surface area contributed by atoms with E-state index in [4.69, 9.17) is 0 Å². The van der Waals surface area contributed by atoms with E-state index in [0.29, 0.717) is 22.5 Å². The van der Waals surface area contributed by atoms with Crippen molar-refractivity contribution in [1.82, 2.24) is 15.0 Å². The molecule has 2 heterocycles. The first-order chi connectivity index (χ1) is 14.5. The normalized spacial score (nSPS) is 12.3. The highest BCUT2D eigenvalue weighted by Crippen LogP contribution is 2.26. The van der Waals surface area contributed by atoms with E-state index in [1.54, 1.807) is 42.7 Å². The Morgan fingerprint density at radius 3 is 2.73 bits per heavy atom. The molecule has 0 aliphatic heterocycles. The number of H-pyrrole nitrogens is 2. The number of rotatable bonds is 6. The molecule has 150 valence electrons. The average Bonchev–Trinajstić information content (AvgIpc) is 3.41. The number of nitrogens with one attached hydrogen (secondary N) is 3. The molecule has 0 aliphatic carbocycles. The van der Waals surface area contributed by atoms with Gasteiger partial charge >= 0.3 is 0 Å². The zero-order valence-electron chi connectivity index (χ0n) is 15.9. The molecule has 1 atom stereocenters. The zero-order chi connectivity index (χ0) is 21.1. The molecule has 0 radical (unpaired) electrons. The minimum Gasteiger partial charge on any atom is -0.345 e. The number of carbonyl (C=O) groups is 1. The summed E-state index contributed by atoms with van der Waals surface area (Å²) < 4.78 is 0. The number of para-hydroxylation sites is 1. The fourth-order valence-electron chi connectivity index (χ4n) is 2.98. The van der Waals surface area contributed by atoms with Crippen LogP contribution in [0.25, 0.3) is 10.9 Å². The molecule has 3 N–H and O–H groups in total. The lowest BCUT2D eigenvalue weighted by Crippen LogP contribution is -2.12. The quantitative estimate of drug-likeness (QED) is 0.239. The third kappa shape index (κ3) is 3.92. The highest BCUT2D eigenvalue weighted by molar-refractivity contribution is 6.06. The Bertz CT molecular complexity index is 1230. The predicted molar refractivity (Wildman–Crippen MR) is 111 cm³/mol. The van der Waals surface area contributed by atoms with E-state index in [1.807, 2.05) is 19.1 Å². The Kier molecular flexibility index (Phi) is 5.04. The Labute approximate surface area is 170 Å². The fraction of sp³-hybridized carbons (Fsp3) is 0.100. The SMILES string of the molecule is CC(N=Nc1ncc[nH]1)c1ccc(NC(=O)c2cc3cccc([N+](=O)[O-])c3[nH]2)cc1. The summed E-state index contributed by atoms with van der Waals surface area (Å²) in [4.78, 5) is 32.9. The molecule has 30 heavy (non-hydrogen) atoms. The van der Waals surface area contributed by atoms with Crippen LogP contribution in [-0.2, 0) is 0 Å². The number of imidazole rings is 1. The molecular formula is C20H17N7O3. The van der Waals surface area contributed by atoms with Crippen LogP contribution >= 0.6 is 0 Å². The van der Waals surface area contributed by atoms with Crippen molar-refractivity contribution in [2.75, 3.05) is 5.32 Å². The third-order valence-corrected chi connectivity index (χ3v) is 4.54. The molecule has 0 fully saturated rings. The van der Waals surface area contributed by atoms with E-state index >= 15 is 0 Å². The van der Waals surface area contributed by atoms with Crippen molar-refractivity contribution in [3.8, 4) is 0 Å². The number of hydrogen-bond donors (Lipinski definition) is 3. The number of azo groups is 1. The van der Waals surface area contributed by atoms with Crippen molar-refractivity contribution in [2.45, 2.75) is 13.0 Å². The maximum Gasteiger partial charge on any atom is 0.293 e. The highest BCUT2D eigenvalue weighted by Gasteiger charge is 2.17. The molecule has 0 saturated carbocycles. The van der Waals surface area contributed by atoms with Crippen LogP contribution in [-0.4, -0.2) is 25.8 Å². The van der Waals surface area contributed by atoms with Crippen molar-refractivity contribution in [2.24, 2.45) is 10.2 Å². The van der Waals surface area contributed by atoms with Crippen LogP contribution in [0.2, 0.25) is 0 Å². The number of carbonyl (C=O) groups excluding carboxylic acids is 1. The highest BCUT2D eigenvalue weighted by atomic mass is 16.6. The van der Waals surface area contributed by atoms with E-state index < -0.39 is 4.92 Å². The first kappa shape index (κ1) is 19.0. The van der Waals surface area contributed by atoms with Gasteiger partial charge in [-0.2, -0.15) is 5.11 Å². The topological polar surface area (TPSA) is 141 Å². The zero-order valence-corrected chi connectivity index (χ0v) is 15.9. The second-order valence-corrected chi connectivity index (χ2v) is 6.56. The number of nitro benzene ring substituents is 1. The smallest absolute Gasteiger partial charge is 0.293 e. The van der Waals surface area contributed by atoms with E-state index in [1.165, 1.54) is 6.07 Å². The molecule has 10 heteroatoms. The molecule has 2 aromatic carbocycles. The molecule has 0 aliphatic rings. The molecular weight excluding hydrogens is 386 g/mol. The van der Waals surface area contributed by atoms with Crippen LogP contribution in [0.5, 0.6) is 0 Å². The van der Waals surface area contributed by atoms with Gasteiger partial charge in [-0.15, -0.1) is 5.11 Å². The lowest BCUT2D eigenvalue weighted by Gasteiger charge is -2.08. The number of nitrogens with zero attached hydrogens (tertiary/aromatic N) is 4. The van der Waals surface area contributed by atoms with Gasteiger partial charge < -0.3 is 15.3 Å².